The molecule has 4 rings (SSSR count). The lowest BCUT2D eigenvalue weighted by Crippen LogP contribution is -2.12. The number of pyridine rings is 1. The summed E-state index contributed by atoms with van der Waals surface area (Å²) in [6, 6.07) is 11.2. The molecule has 136 valence electrons. The van der Waals surface area contributed by atoms with E-state index < -0.39 is 5.82 Å². The Kier molecular flexibility index (Phi) is 4.49. The zero-order valence-electron chi connectivity index (χ0n) is 14.4. The summed E-state index contributed by atoms with van der Waals surface area (Å²) in [4.78, 5) is 17.2. The van der Waals surface area contributed by atoms with Crippen molar-refractivity contribution in [3.8, 4) is 22.8 Å². The number of aryl methyl sites for hydroxylation is 1. The smallest absolute Gasteiger partial charge is 0.263 e. The van der Waals surface area contributed by atoms with Gasteiger partial charge in [-0.15, -0.1) is 0 Å². The maximum absolute atomic E-state index is 13.7. The molecule has 0 amide bonds. The maximum atomic E-state index is 13.7. The summed E-state index contributed by atoms with van der Waals surface area (Å²) in [5, 5.41) is 4.84. The third-order valence-electron chi connectivity index (χ3n) is 4.27. The molecule has 27 heavy (non-hydrogen) atoms. The Morgan fingerprint density at radius 1 is 1.19 bits per heavy atom. The van der Waals surface area contributed by atoms with Gasteiger partial charge in [-0.05, 0) is 48.9 Å². The van der Waals surface area contributed by atoms with Crippen LogP contribution in [0.4, 0.5) is 4.39 Å². The van der Waals surface area contributed by atoms with Gasteiger partial charge in [-0.1, -0.05) is 23.7 Å². The Hall–Kier alpha value is -2.99. The highest BCUT2D eigenvalue weighted by Gasteiger charge is 2.17. The number of halogens is 2. The first-order valence-corrected chi connectivity index (χ1v) is 8.87. The van der Waals surface area contributed by atoms with Crippen LogP contribution >= 0.6 is 11.6 Å². The maximum Gasteiger partial charge on any atom is 0.263 e. The van der Waals surface area contributed by atoms with Crippen LogP contribution in [0.5, 0.6) is 0 Å². The number of hydrogen-bond acceptors (Lipinski definition) is 4. The topological polar surface area (TPSA) is 60.9 Å². The first kappa shape index (κ1) is 17.4. The predicted octanol–water partition coefficient (Wildman–Crippen LogP) is 4.92. The molecule has 4 aromatic rings. The number of fused-ring (bicyclic) bond motifs is 1. The summed E-state index contributed by atoms with van der Waals surface area (Å²) in [7, 11) is 0. The second-order valence-electron chi connectivity index (χ2n) is 6.16. The van der Waals surface area contributed by atoms with Gasteiger partial charge in [0.05, 0.1) is 5.52 Å². The van der Waals surface area contributed by atoms with Crippen LogP contribution in [-0.2, 0) is 6.54 Å². The highest BCUT2D eigenvalue weighted by molar-refractivity contribution is 6.30. The Morgan fingerprint density at radius 2 is 1.96 bits per heavy atom. The van der Waals surface area contributed by atoms with Gasteiger partial charge in [-0.3, -0.25) is 4.79 Å². The minimum absolute atomic E-state index is 0.0981. The number of nitrogens with zero attached hydrogens (tertiary/aromatic N) is 3. The molecule has 2 aromatic heterocycles. The molecule has 0 saturated heterocycles. The zero-order chi connectivity index (χ0) is 19.0. The molecule has 0 spiro atoms. The summed E-state index contributed by atoms with van der Waals surface area (Å²) >= 11 is 5.90. The van der Waals surface area contributed by atoms with Gasteiger partial charge < -0.3 is 9.09 Å². The molecule has 0 aliphatic carbocycles. The average molecular weight is 384 g/mol. The first-order chi connectivity index (χ1) is 13.1. The highest BCUT2D eigenvalue weighted by Crippen LogP contribution is 2.24. The van der Waals surface area contributed by atoms with Crippen molar-refractivity contribution in [1.29, 1.82) is 0 Å². The van der Waals surface area contributed by atoms with Crippen molar-refractivity contribution < 1.29 is 8.91 Å². The summed E-state index contributed by atoms with van der Waals surface area (Å²) in [6.07, 6.45) is 2.54. The van der Waals surface area contributed by atoms with Gasteiger partial charge in [0.2, 0.25) is 11.3 Å². The van der Waals surface area contributed by atoms with Crippen LogP contribution in [0.3, 0.4) is 0 Å². The third kappa shape index (κ3) is 3.24. The van der Waals surface area contributed by atoms with Gasteiger partial charge in [0.25, 0.3) is 5.89 Å². The summed E-state index contributed by atoms with van der Waals surface area (Å²) < 4.78 is 20.9. The lowest BCUT2D eigenvalue weighted by atomic mass is 10.1. The lowest BCUT2D eigenvalue weighted by molar-refractivity contribution is 0.431. The second kappa shape index (κ2) is 6.96. The standard InChI is InChI=1S/C20H15ClFN3O2/c1-2-9-25-11-16(18(26)15-10-14(22)7-8-17(15)25)20-23-19(24-27-20)12-3-5-13(21)6-4-12/h3-8,10-11H,2,9H2,1H3. The van der Waals surface area contributed by atoms with E-state index in [-0.39, 0.29) is 22.3 Å². The van der Waals surface area contributed by atoms with E-state index in [4.69, 9.17) is 16.1 Å². The summed E-state index contributed by atoms with van der Waals surface area (Å²) in [5.41, 5.74) is 1.29. The van der Waals surface area contributed by atoms with E-state index in [0.29, 0.717) is 22.9 Å². The molecule has 0 saturated carbocycles. The molecule has 0 unspecified atom stereocenters. The minimum Gasteiger partial charge on any atom is -0.346 e. The van der Waals surface area contributed by atoms with Gasteiger partial charge >= 0.3 is 0 Å². The average Bonchev–Trinajstić information content (AvgIpc) is 3.14. The fourth-order valence-corrected chi connectivity index (χ4v) is 3.12. The first-order valence-electron chi connectivity index (χ1n) is 8.49. The Morgan fingerprint density at radius 3 is 2.70 bits per heavy atom. The molecule has 0 bridgehead atoms. The van der Waals surface area contributed by atoms with Crippen molar-refractivity contribution in [2.75, 3.05) is 0 Å². The molecule has 0 N–H and O–H groups in total. The zero-order valence-corrected chi connectivity index (χ0v) is 15.2. The Balaban J connectivity index is 1.87. The van der Waals surface area contributed by atoms with Crippen LogP contribution in [0.2, 0.25) is 5.02 Å². The van der Waals surface area contributed by atoms with E-state index in [0.717, 1.165) is 12.0 Å². The molecule has 2 aromatic carbocycles. The molecular weight excluding hydrogens is 369 g/mol. The summed E-state index contributed by atoms with van der Waals surface area (Å²) in [6.45, 7) is 2.70. The highest BCUT2D eigenvalue weighted by atomic mass is 35.5. The van der Waals surface area contributed by atoms with Gasteiger partial charge in [0, 0.05) is 28.7 Å². The van der Waals surface area contributed by atoms with E-state index in [1.807, 2.05) is 11.5 Å². The van der Waals surface area contributed by atoms with Crippen molar-refractivity contribution in [2.24, 2.45) is 0 Å². The van der Waals surface area contributed by atoms with Crippen molar-refractivity contribution >= 4 is 22.5 Å². The number of benzene rings is 2. The van der Waals surface area contributed by atoms with Gasteiger partial charge in [-0.2, -0.15) is 4.98 Å². The van der Waals surface area contributed by atoms with Crippen LogP contribution in [0.25, 0.3) is 33.7 Å². The fraction of sp³-hybridized carbons (Fsp3) is 0.150. The third-order valence-corrected chi connectivity index (χ3v) is 4.52. The van der Waals surface area contributed by atoms with E-state index >= 15 is 0 Å². The fourth-order valence-electron chi connectivity index (χ4n) is 3.00. The molecule has 7 heteroatoms. The van der Waals surface area contributed by atoms with Gasteiger partial charge in [0.15, 0.2) is 0 Å². The van der Waals surface area contributed by atoms with Crippen LogP contribution < -0.4 is 5.43 Å². The molecule has 0 fully saturated rings. The second-order valence-corrected chi connectivity index (χ2v) is 6.59. The van der Waals surface area contributed by atoms with Crippen molar-refractivity contribution in [1.82, 2.24) is 14.7 Å². The molecule has 5 nitrogen and oxygen atoms in total. The number of rotatable bonds is 4. The van der Waals surface area contributed by atoms with Crippen molar-refractivity contribution in [2.45, 2.75) is 19.9 Å². The molecule has 0 aliphatic rings. The van der Waals surface area contributed by atoms with E-state index in [1.165, 1.54) is 12.1 Å². The van der Waals surface area contributed by atoms with Crippen molar-refractivity contribution in [3.63, 3.8) is 0 Å². The number of hydrogen-bond donors (Lipinski definition) is 0. The quantitative estimate of drug-likeness (QED) is 0.501. The predicted molar refractivity (Wildman–Crippen MR) is 102 cm³/mol. The number of aromatic nitrogens is 3. The Bertz CT molecular complexity index is 1180. The van der Waals surface area contributed by atoms with Gasteiger partial charge in [0.1, 0.15) is 11.4 Å². The largest absolute Gasteiger partial charge is 0.346 e. The molecule has 0 atom stereocenters. The molecule has 0 aliphatic heterocycles. The Labute approximate surface area is 159 Å². The minimum atomic E-state index is -0.466. The van der Waals surface area contributed by atoms with Gasteiger partial charge in [-0.25, -0.2) is 4.39 Å². The van der Waals surface area contributed by atoms with Crippen LogP contribution in [0, 0.1) is 5.82 Å². The van der Waals surface area contributed by atoms with Crippen molar-refractivity contribution in [3.05, 3.63) is 69.7 Å². The summed E-state index contributed by atoms with van der Waals surface area (Å²) in [5.74, 6) is -0.0180. The normalized spacial score (nSPS) is 11.2. The SMILES string of the molecule is CCCn1cc(-c2nc(-c3ccc(Cl)cc3)no2)c(=O)c2cc(F)ccc21. The van der Waals surface area contributed by atoms with Crippen LogP contribution in [0.1, 0.15) is 13.3 Å². The van der Waals surface area contributed by atoms with Crippen LogP contribution in [0.15, 0.2) is 58.0 Å². The lowest BCUT2D eigenvalue weighted by Gasteiger charge is -2.11. The molecular formula is C20H15ClFN3O2. The van der Waals surface area contributed by atoms with Crippen LogP contribution in [-0.4, -0.2) is 14.7 Å². The monoisotopic (exact) mass is 383 g/mol. The molecule has 0 radical (unpaired) electrons. The van der Waals surface area contributed by atoms with E-state index in [1.54, 1.807) is 36.5 Å². The molecule has 2 heterocycles. The van der Waals surface area contributed by atoms with E-state index in [9.17, 15) is 9.18 Å². The van der Waals surface area contributed by atoms with E-state index in [2.05, 4.69) is 10.1 Å².